The highest BCUT2D eigenvalue weighted by atomic mass is 19.3. The molecule has 2 aromatic rings. The number of para-hydroxylation sites is 1. The van der Waals surface area contributed by atoms with Gasteiger partial charge in [0.2, 0.25) is 0 Å². The highest BCUT2D eigenvalue weighted by Crippen LogP contribution is 2.35. The number of aliphatic carboxylic acids is 1. The number of amides is 1. The number of aryl methyl sites for hydroxylation is 1. The lowest BCUT2D eigenvalue weighted by molar-refractivity contribution is -0.697. The van der Waals surface area contributed by atoms with Gasteiger partial charge in [0.1, 0.15) is 6.54 Å². The van der Waals surface area contributed by atoms with Gasteiger partial charge in [0.25, 0.3) is 0 Å². The van der Waals surface area contributed by atoms with Crippen molar-refractivity contribution in [2.75, 3.05) is 5.43 Å². The summed E-state index contributed by atoms with van der Waals surface area (Å²) in [6.45, 7) is 5.22. The van der Waals surface area contributed by atoms with Crippen molar-refractivity contribution in [3.05, 3.63) is 59.9 Å². The molecule has 1 aromatic heterocycles. The molecule has 0 radical (unpaired) electrons. The van der Waals surface area contributed by atoms with Crippen LogP contribution in [-0.2, 0) is 22.6 Å². The Morgan fingerprint density at radius 3 is 1.72 bits per heavy atom. The number of carbonyl (C=O) groups excluding carboxylic acids is 1. The summed E-state index contributed by atoms with van der Waals surface area (Å²) in [7, 11) is 0. The van der Waals surface area contributed by atoms with Crippen LogP contribution in [0.1, 0.15) is 134 Å². The standard InChI is InChI=1S/C36H53F4N3O3/c1-3-4-5-6-7-8-9-10-11-12-13-14-15-16-17-20-25-43-26-23-30(24-27-43)29(2)28-31-21-18-19-22-32(31)41-42-33(44)35(37,38)36(39,40)34(45)46/h18-19,21-24,26-27,29,41H,3-17,20,25,28H2,1-2H3,(H-,42,44,45,46)/p+1. The van der Waals surface area contributed by atoms with Crippen molar-refractivity contribution in [1.29, 1.82) is 0 Å². The second-order valence-corrected chi connectivity index (χ2v) is 12.5. The quantitative estimate of drug-likeness (QED) is 0.0432. The summed E-state index contributed by atoms with van der Waals surface area (Å²) < 4.78 is 56.4. The average Bonchev–Trinajstić information content (AvgIpc) is 3.04. The van der Waals surface area contributed by atoms with E-state index in [2.05, 4.69) is 16.9 Å². The summed E-state index contributed by atoms with van der Waals surface area (Å²) in [6, 6.07) is 10.7. The molecule has 1 aromatic carbocycles. The number of hydrogen-bond acceptors (Lipinski definition) is 3. The van der Waals surface area contributed by atoms with Crippen LogP contribution in [0.2, 0.25) is 0 Å². The third kappa shape index (κ3) is 13.3. The van der Waals surface area contributed by atoms with E-state index in [1.807, 2.05) is 31.5 Å². The van der Waals surface area contributed by atoms with Gasteiger partial charge < -0.3 is 5.11 Å². The molecular weight excluding hydrogens is 598 g/mol. The van der Waals surface area contributed by atoms with Gasteiger partial charge in [0.05, 0.1) is 5.69 Å². The number of carboxylic acid groups (broad SMARTS) is 1. The van der Waals surface area contributed by atoms with Crippen molar-refractivity contribution in [2.45, 2.75) is 147 Å². The number of hydrazine groups is 1. The molecular formula is C36H54F4N3O3+. The largest absolute Gasteiger partial charge is 0.477 e. The van der Waals surface area contributed by atoms with E-state index in [0.717, 1.165) is 18.5 Å². The molecule has 0 aliphatic carbocycles. The predicted molar refractivity (Wildman–Crippen MR) is 174 cm³/mol. The maximum atomic E-state index is 13.8. The minimum absolute atomic E-state index is 0.0293. The fourth-order valence-electron chi connectivity index (χ4n) is 5.54. The van der Waals surface area contributed by atoms with Gasteiger partial charge in [-0.25, -0.2) is 9.36 Å². The normalized spacial score (nSPS) is 12.6. The summed E-state index contributed by atoms with van der Waals surface area (Å²) in [5.74, 6) is -16.5. The number of anilines is 1. The fraction of sp³-hybridized carbons (Fsp3) is 0.639. The molecule has 10 heteroatoms. The number of benzene rings is 1. The van der Waals surface area contributed by atoms with Gasteiger partial charge >= 0.3 is 23.7 Å². The van der Waals surface area contributed by atoms with Crippen molar-refractivity contribution in [3.63, 3.8) is 0 Å². The Labute approximate surface area is 272 Å². The molecule has 0 saturated carbocycles. The number of aromatic nitrogens is 1. The van der Waals surface area contributed by atoms with E-state index in [1.54, 1.807) is 18.2 Å². The van der Waals surface area contributed by atoms with Crippen LogP contribution in [0, 0.1) is 0 Å². The lowest BCUT2D eigenvalue weighted by Gasteiger charge is -2.23. The monoisotopic (exact) mass is 652 g/mol. The molecule has 46 heavy (non-hydrogen) atoms. The molecule has 0 aliphatic rings. The molecule has 0 spiro atoms. The first-order valence-electron chi connectivity index (χ1n) is 17.1. The van der Waals surface area contributed by atoms with Gasteiger partial charge in [0.15, 0.2) is 12.4 Å². The van der Waals surface area contributed by atoms with Crippen LogP contribution in [0.5, 0.6) is 0 Å². The molecule has 0 saturated heterocycles. The number of unbranched alkanes of at least 4 members (excludes halogenated alkanes) is 15. The number of pyridine rings is 1. The lowest BCUT2D eigenvalue weighted by atomic mass is 9.93. The van der Waals surface area contributed by atoms with Crippen LogP contribution in [-0.4, -0.2) is 28.8 Å². The van der Waals surface area contributed by atoms with E-state index in [9.17, 15) is 27.2 Å². The summed E-state index contributed by atoms with van der Waals surface area (Å²) >= 11 is 0. The van der Waals surface area contributed by atoms with Crippen LogP contribution in [0.3, 0.4) is 0 Å². The molecule has 3 N–H and O–H groups in total. The zero-order valence-electron chi connectivity index (χ0n) is 27.6. The van der Waals surface area contributed by atoms with Crippen molar-refractivity contribution in [2.24, 2.45) is 0 Å². The Morgan fingerprint density at radius 1 is 0.739 bits per heavy atom. The number of hydrogen-bond donors (Lipinski definition) is 3. The number of halogens is 4. The Hall–Kier alpha value is -3.17. The molecule has 1 atom stereocenters. The van der Waals surface area contributed by atoms with Gasteiger partial charge in [-0.1, -0.05) is 122 Å². The van der Waals surface area contributed by atoms with E-state index >= 15 is 0 Å². The van der Waals surface area contributed by atoms with E-state index < -0.39 is 23.7 Å². The van der Waals surface area contributed by atoms with E-state index in [0.29, 0.717) is 12.0 Å². The second-order valence-electron chi connectivity index (χ2n) is 12.5. The van der Waals surface area contributed by atoms with Crippen molar-refractivity contribution < 1.29 is 36.8 Å². The van der Waals surface area contributed by atoms with E-state index in [4.69, 9.17) is 5.11 Å². The summed E-state index contributed by atoms with van der Waals surface area (Å²) in [5, 5.41) is 8.39. The zero-order chi connectivity index (χ0) is 33.8. The second kappa shape index (κ2) is 20.9. The lowest BCUT2D eigenvalue weighted by Crippen LogP contribution is -2.57. The van der Waals surface area contributed by atoms with Crippen molar-refractivity contribution in [1.82, 2.24) is 5.43 Å². The molecule has 1 unspecified atom stereocenters. The molecule has 258 valence electrons. The SMILES string of the molecule is CCCCCCCCCCCCCCCCCC[n+]1ccc(C(C)Cc2ccccc2NNC(=O)C(F)(F)C(F)(F)C(=O)O)cc1. The summed E-state index contributed by atoms with van der Waals surface area (Å²) in [5.41, 5.74) is 5.75. The molecule has 1 heterocycles. The van der Waals surface area contributed by atoms with Crippen LogP contribution in [0.4, 0.5) is 23.2 Å². The Bertz CT molecular complexity index is 1160. The zero-order valence-corrected chi connectivity index (χ0v) is 27.6. The number of rotatable bonds is 25. The topological polar surface area (TPSA) is 82.3 Å². The van der Waals surface area contributed by atoms with Crippen LogP contribution >= 0.6 is 0 Å². The first-order chi connectivity index (χ1) is 22.0. The van der Waals surface area contributed by atoms with Crippen LogP contribution < -0.4 is 15.4 Å². The Balaban J connectivity index is 1.65. The average molecular weight is 653 g/mol. The molecule has 1 amide bonds. The van der Waals surface area contributed by atoms with Gasteiger partial charge in [-0.2, -0.15) is 17.6 Å². The summed E-state index contributed by atoms with van der Waals surface area (Å²) in [4.78, 5) is 22.3. The summed E-state index contributed by atoms with van der Waals surface area (Å²) in [6.07, 6.45) is 26.0. The third-order valence-corrected chi connectivity index (χ3v) is 8.56. The van der Waals surface area contributed by atoms with Gasteiger partial charge in [-0.3, -0.25) is 15.6 Å². The molecule has 0 fully saturated rings. The number of nitrogens with one attached hydrogen (secondary N) is 2. The van der Waals surface area contributed by atoms with Crippen molar-refractivity contribution >= 4 is 17.6 Å². The molecule has 2 rings (SSSR count). The first kappa shape index (κ1) is 39.0. The van der Waals surface area contributed by atoms with Crippen LogP contribution in [0.15, 0.2) is 48.8 Å². The van der Waals surface area contributed by atoms with Gasteiger partial charge in [-0.05, 0) is 36.0 Å². The third-order valence-electron chi connectivity index (χ3n) is 8.56. The first-order valence-corrected chi connectivity index (χ1v) is 17.1. The number of nitrogens with zero attached hydrogens (tertiary/aromatic N) is 1. The van der Waals surface area contributed by atoms with E-state index in [-0.39, 0.29) is 11.6 Å². The maximum Gasteiger partial charge on any atom is 0.413 e. The minimum atomic E-state index is -5.55. The predicted octanol–water partition coefficient (Wildman–Crippen LogP) is 9.38. The van der Waals surface area contributed by atoms with Crippen LogP contribution in [0.25, 0.3) is 0 Å². The Morgan fingerprint density at radius 2 is 1.22 bits per heavy atom. The highest BCUT2D eigenvalue weighted by molar-refractivity contribution is 5.92. The smallest absolute Gasteiger partial charge is 0.413 e. The van der Waals surface area contributed by atoms with Gasteiger partial charge in [-0.15, -0.1) is 0 Å². The Kier molecular flexibility index (Phi) is 17.7. The fourth-order valence-corrected chi connectivity index (χ4v) is 5.54. The van der Waals surface area contributed by atoms with Crippen molar-refractivity contribution in [3.8, 4) is 0 Å². The molecule has 0 aliphatic heterocycles. The number of alkyl halides is 4. The maximum absolute atomic E-state index is 13.8. The number of carbonyl (C=O) groups is 2. The minimum Gasteiger partial charge on any atom is -0.477 e. The molecule has 0 bridgehead atoms. The number of carboxylic acids is 1. The van der Waals surface area contributed by atoms with E-state index in [1.165, 1.54) is 108 Å². The van der Waals surface area contributed by atoms with Gasteiger partial charge in [0, 0.05) is 18.6 Å². The molecule has 6 nitrogen and oxygen atoms in total. The highest BCUT2D eigenvalue weighted by Gasteiger charge is 2.67.